The van der Waals surface area contributed by atoms with Crippen molar-refractivity contribution >= 4 is 0 Å². The number of rotatable bonds is 2. The molecule has 2 unspecified atom stereocenters. The molecule has 1 aliphatic carbocycles. The fourth-order valence-electron chi connectivity index (χ4n) is 3.95. The molecule has 1 N–H and O–H groups in total. The van der Waals surface area contributed by atoms with Crippen LogP contribution in [0.2, 0.25) is 0 Å². The molecule has 1 saturated carbocycles. The lowest BCUT2D eigenvalue weighted by atomic mass is 9.73. The summed E-state index contributed by atoms with van der Waals surface area (Å²) in [7, 11) is 0. The molecule has 1 nitrogen and oxygen atoms in total. The molecule has 3 rings (SSSR count). The number of halogens is 2. The standard InChI is InChI=1S/C16H21F2N/c17-12-5-6-16(18)14(9-12)13-7-8-19-10-15(13)11-3-1-2-4-11/h5-6,9,11,13,15,19H,1-4,7-8,10H2. The first-order valence-electron chi connectivity index (χ1n) is 7.41. The van der Waals surface area contributed by atoms with Crippen molar-refractivity contribution < 1.29 is 8.78 Å². The van der Waals surface area contributed by atoms with Gasteiger partial charge in [0.25, 0.3) is 0 Å². The Bertz CT molecular complexity index is 440. The Hall–Kier alpha value is -0.960. The summed E-state index contributed by atoms with van der Waals surface area (Å²) in [5.41, 5.74) is 0.596. The van der Waals surface area contributed by atoms with Gasteiger partial charge in [0.1, 0.15) is 11.6 Å². The highest BCUT2D eigenvalue weighted by molar-refractivity contribution is 5.24. The summed E-state index contributed by atoms with van der Waals surface area (Å²) in [4.78, 5) is 0. The van der Waals surface area contributed by atoms with E-state index in [9.17, 15) is 8.78 Å². The molecule has 2 aliphatic rings. The van der Waals surface area contributed by atoms with Crippen molar-refractivity contribution in [2.75, 3.05) is 13.1 Å². The van der Waals surface area contributed by atoms with Gasteiger partial charge in [0.05, 0.1) is 0 Å². The number of benzene rings is 1. The summed E-state index contributed by atoms with van der Waals surface area (Å²) in [5.74, 6) is 0.768. The van der Waals surface area contributed by atoms with Crippen molar-refractivity contribution in [1.82, 2.24) is 5.32 Å². The molecule has 104 valence electrons. The van der Waals surface area contributed by atoms with E-state index in [1.807, 2.05) is 0 Å². The summed E-state index contributed by atoms with van der Waals surface area (Å²) in [6.45, 7) is 1.86. The van der Waals surface area contributed by atoms with Crippen LogP contribution in [0.3, 0.4) is 0 Å². The van der Waals surface area contributed by atoms with Crippen molar-refractivity contribution in [3.8, 4) is 0 Å². The molecule has 1 saturated heterocycles. The molecule has 19 heavy (non-hydrogen) atoms. The third-order valence-electron chi connectivity index (χ3n) is 4.89. The SMILES string of the molecule is Fc1ccc(F)c(C2CCNCC2C2CCCC2)c1. The van der Waals surface area contributed by atoms with Crippen LogP contribution in [-0.4, -0.2) is 13.1 Å². The maximum atomic E-state index is 14.0. The molecule has 0 spiro atoms. The number of hydrogen-bond donors (Lipinski definition) is 1. The van der Waals surface area contributed by atoms with Gasteiger partial charge in [-0.2, -0.15) is 0 Å². The van der Waals surface area contributed by atoms with E-state index < -0.39 is 0 Å². The van der Waals surface area contributed by atoms with Crippen molar-refractivity contribution in [3.05, 3.63) is 35.4 Å². The highest BCUT2D eigenvalue weighted by atomic mass is 19.1. The zero-order valence-electron chi connectivity index (χ0n) is 11.2. The Kier molecular flexibility index (Phi) is 3.83. The quantitative estimate of drug-likeness (QED) is 0.856. The molecule has 2 atom stereocenters. The third kappa shape index (κ3) is 2.66. The smallest absolute Gasteiger partial charge is 0.126 e. The van der Waals surface area contributed by atoms with E-state index >= 15 is 0 Å². The number of nitrogens with one attached hydrogen (secondary N) is 1. The number of piperidine rings is 1. The van der Waals surface area contributed by atoms with Gasteiger partial charge in [0, 0.05) is 0 Å². The van der Waals surface area contributed by atoms with Crippen LogP contribution < -0.4 is 5.32 Å². The molecular formula is C16H21F2N. The highest BCUT2D eigenvalue weighted by Gasteiger charge is 2.35. The van der Waals surface area contributed by atoms with Gasteiger partial charge in [-0.3, -0.25) is 0 Å². The van der Waals surface area contributed by atoms with Gasteiger partial charge in [-0.05, 0) is 61.0 Å². The molecule has 0 radical (unpaired) electrons. The first kappa shape index (κ1) is 13.0. The first-order valence-corrected chi connectivity index (χ1v) is 7.41. The van der Waals surface area contributed by atoms with Crippen molar-refractivity contribution in [2.45, 2.75) is 38.0 Å². The molecule has 1 aliphatic heterocycles. The highest BCUT2D eigenvalue weighted by Crippen LogP contribution is 2.42. The summed E-state index contributed by atoms with van der Waals surface area (Å²) in [6, 6.07) is 3.90. The molecule has 0 bridgehead atoms. The monoisotopic (exact) mass is 265 g/mol. The molecule has 1 heterocycles. The Balaban J connectivity index is 1.88. The maximum absolute atomic E-state index is 14.0. The van der Waals surface area contributed by atoms with E-state index in [2.05, 4.69) is 5.32 Å². The number of hydrogen-bond acceptors (Lipinski definition) is 1. The van der Waals surface area contributed by atoms with Crippen LogP contribution in [0, 0.1) is 23.5 Å². The second-order valence-electron chi connectivity index (χ2n) is 5.97. The Morgan fingerprint density at radius 2 is 1.84 bits per heavy atom. The summed E-state index contributed by atoms with van der Waals surface area (Å²) < 4.78 is 27.5. The van der Waals surface area contributed by atoms with Gasteiger partial charge in [-0.1, -0.05) is 25.7 Å². The molecule has 2 fully saturated rings. The predicted molar refractivity (Wildman–Crippen MR) is 72.0 cm³/mol. The van der Waals surface area contributed by atoms with E-state index in [1.165, 1.54) is 43.9 Å². The lowest BCUT2D eigenvalue weighted by Gasteiger charge is -2.36. The van der Waals surface area contributed by atoms with Gasteiger partial charge in [-0.25, -0.2) is 8.78 Å². The average molecular weight is 265 g/mol. The minimum atomic E-state index is -0.319. The lowest BCUT2D eigenvalue weighted by molar-refractivity contribution is 0.227. The van der Waals surface area contributed by atoms with E-state index in [0.717, 1.165) is 19.5 Å². The third-order valence-corrected chi connectivity index (χ3v) is 4.89. The Morgan fingerprint density at radius 1 is 1.05 bits per heavy atom. The zero-order valence-corrected chi connectivity index (χ0v) is 11.2. The minimum absolute atomic E-state index is 0.181. The van der Waals surface area contributed by atoms with Crippen molar-refractivity contribution in [2.24, 2.45) is 11.8 Å². The van der Waals surface area contributed by atoms with Crippen LogP contribution >= 0.6 is 0 Å². The first-order chi connectivity index (χ1) is 9.25. The minimum Gasteiger partial charge on any atom is -0.316 e. The topological polar surface area (TPSA) is 12.0 Å². The van der Waals surface area contributed by atoms with Gasteiger partial charge in [-0.15, -0.1) is 0 Å². The van der Waals surface area contributed by atoms with E-state index in [-0.39, 0.29) is 17.6 Å². The fraction of sp³-hybridized carbons (Fsp3) is 0.625. The van der Waals surface area contributed by atoms with Gasteiger partial charge >= 0.3 is 0 Å². The van der Waals surface area contributed by atoms with E-state index in [0.29, 0.717) is 17.4 Å². The maximum Gasteiger partial charge on any atom is 0.126 e. The van der Waals surface area contributed by atoms with Crippen LogP contribution in [0.15, 0.2) is 18.2 Å². The van der Waals surface area contributed by atoms with Crippen LogP contribution in [0.25, 0.3) is 0 Å². The Morgan fingerprint density at radius 3 is 2.63 bits per heavy atom. The average Bonchev–Trinajstić information content (AvgIpc) is 2.95. The lowest BCUT2D eigenvalue weighted by Crippen LogP contribution is -2.39. The molecule has 1 aromatic rings. The van der Waals surface area contributed by atoms with Crippen LogP contribution in [0.1, 0.15) is 43.6 Å². The van der Waals surface area contributed by atoms with Crippen LogP contribution in [-0.2, 0) is 0 Å². The predicted octanol–water partition coefficient (Wildman–Crippen LogP) is 3.85. The van der Waals surface area contributed by atoms with Gasteiger partial charge in [0.15, 0.2) is 0 Å². The van der Waals surface area contributed by atoms with E-state index in [4.69, 9.17) is 0 Å². The van der Waals surface area contributed by atoms with E-state index in [1.54, 1.807) is 0 Å². The normalized spacial score (nSPS) is 28.7. The van der Waals surface area contributed by atoms with Crippen LogP contribution in [0.4, 0.5) is 8.78 Å². The largest absolute Gasteiger partial charge is 0.316 e. The molecule has 0 amide bonds. The molecule has 1 aromatic carbocycles. The van der Waals surface area contributed by atoms with Gasteiger partial charge in [0.2, 0.25) is 0 Å². The summed E-state index contributed by atoms with van der Waals surface area (Å²) in [6.07, 6.45) is 6.00. The molecule has 3 heteroatoms. The van der Waals surface area contributed by atoms with Gasteiger partial charge < -0.3 is 5.32 Å². The zero-order chi connectivity index (χ0) is 13.2. The fourth-order valence-corrected chi connectivity index (χ4v) is 3.95. The van der Waals surface area contributed by atoms with Crippen molar-refractivity contribution in [3.63, 3.8) is 0 Å². The molecular weight excluding hydrogens is 244 g/mol. The second kappa shape index (κ2) is 5.58. The molecule has 0 aromatic heterocycles. The van der Waals surface area contributed by atoms with Crippen molar-refractivity contribution in [1.29, 1.82) is 0 Å². The Labute approximate surface area is 113 Å². The second-order valence-corrected chi connectivity index (χ2v) is 5.97. The van der Waals surface area contributed by atoms with Crippen LogP contribution in [0.5, 0.6) is 0 Å². The summed E-state index contributed by atoms with van der Waals surface area (Å²) in [5, 5.41) is 3.43. The summed E-state index contributed by atoms with van der Waals surface area (Å²) >= 11 is 0.